The van der Waals surface area contributed by atoms with Gasteiger partial charge in [-0.3, -0.25) is 9.36 Å². The minimum Gasteiger partial charge on any atom is -0.466 e. The van der Waals surface area contributed by atoms with Crippen LogP contribution in [0.3, 0.4) is 0 Å². The normalized spacial score (nSPS) is 11.8. The molecule has 0 unspecified atom stereocenters. The van der Waals surface area contributed by atoms with Crippen LogP contribution in [0.15, 0.2) is 44.7 Å². The van der Waals surface area contributed by atoms with Crippen LogP contribution in [0.4, 0.5) is 0 Å². The van der Waals surface area contributed by atoms with Gasteiger partial charge in [0.25, 0.3) is 10.0 Å². The number of benzene rings is 1. The summed E-state index contributed by atoms with van der Waals surface area (Å²) < 4.78 is 39.9. The van der Waals surface area contributed by atoms with Gasteiger partial charge in [0.2, 0.25) is 0 Å². The van der Waals surface area contributed by atoms with E-state index >= 15 is 0 Å². The van der Waals surface area contributed by atoms with Crippen LogP contribution in [0.1, 0.15) is 18.7 Å². The molecule has 10 nitrogen and oxygen atoms in total. The summed E-state index contributed by atoms with van der Waals surface area (Å²) in [5, 5.41) is -0.0938. The van der Waals surface area contributed by atoms with Crippen LogP contribution in [0.2, 0.25) is 0 Å². The number of para-hydroxylation sites is 2. The van der Waals surface area contributed by atoms with Crippen molar-refractivity contribution in [2.45, 2.75) is 31.3 Å². The number of ether oxygens (including phenoxy) is 1. The number of imidazole rings is 1. The van der Waals surface area contributed by atoms with Crippen molar-refractivity contribution in [3.8, 4) is 0 Å². The van der Waals surface area contributed by atoms with E-state index in [2.05, 4.69) is 9.71 Å². The van der Waals surface area contributed by atoms with E-state index in [0.29, 0.717) is 29.9 Å². The Bertz CT molecular complexity index is 1160. The molecule has 0 saturated carbocycles. The summed E-state index contributed by atoms with van der Waals surface area (Å²) in [5.41, 5.74) is 1.19. The van der Waals surface area contributed by atoms with Gasteiger partial charge in [0.1, 0.15) is 5.82 Å². The average molecular weight is 422 g/mol. The van der Waals surface area contributed by atoms with E-state index in [4.69, 9.17) is 9.15 Å². The van der Waals surface area contributed by atoms with Gasteiger partial charge in [-0.15, -0.1) is 0 Å². The van der Waals surface area contributed by atoms with Gasteiger partial charge in [-0.05, 0) is 25.5 Å². The minimum absolute atomic E-state index is 0.0938. The summed E-state index contributed by atoms with van der Waals surface area (Å²) >= 11 is 0. The first kappa shape index (κ1) is 20.8. The SMILES string of the molecule is Cc1nc(S(=O)(=O)NCCC(=O)OCCCn2c(=O)oc3ccccc32)cn1C. The number of carbonyl (C=O) groups excluding carboxylic acids is 1. The summed E-state index contributed by atoms with van der Waals surface area (Å²) in [5.74, 6) is -0.430. The topological polar surface area (TPSA) is 125 Å². The van der Waals surface area contributed by atoms with Gasteiger partial charge in [0.05, 0.1) is 18.5 Å². The summed E-state index contributed by atoms with van der Waals surface area (Å²) in [7, 11) is -2.08. The Balaban J connectivity index is 1.41. The van der Waals surface area contributed by atoms with Crippen molar-refractivity contribution in [2.24, 2.45) is 7.05 Å². The zero-order valence-electron chi connectivity index (χ0n) is 16.1. The molecular weight excluding hydrogens is 400 g/mol. The van der Waals surface area contributed by atoms with Gasteiger partial charge in [-0.25, -0.2) is 22.9 Å². The van der Waals surface area contributed by atoms with E-state index in [1.807, 2.05) is 0 Å². The zero-order valence-corrected chi connectivity index (χ0v) is 16.9. The Labute approximate surface area is 167 Å². The maximum absolute atomic E-state index is 12.1. The van der Waals surface area contributed by atoms with Crippen molar-refractivity contribution in [1.82, 2.24) is 18.8 Å². The number of oxazole rings is 1. The van der Waals surface area contributed by atoms with Crippen molar-refractivity contribution in [3.05, 3.63) is 46.8 Å². The van der Waals surface area contributed by atoms with Gasteiger partial charge >= 0.3 is 11.7 Å². The summed E-state index contributed by atoms with van der Waals surface area (Å²) in [6.07, 6.45) is 1.71. The maximum atomic E-state index is 12.1. The molecule has 1 N–H and O–H groups in total. The predicted octanol–water partition coefficient (Wildman–Crippen LogP) is 0.938. The maximum Gasteiger partial charge on any atom is 0.419 e. The number of nitrogens with zero attached hydrogens (tertiary/aromatic N) is 3. The number of fused-ring (bicyclic) bond motifs is 1. The number of nitrogens with one attached hydrogen (secondary N) is 1. The number of sulfonamides is 1. The molecule has 3 aromatic rings. The molecule has 3 rings (SSSR count). The van der Waals surface area contributed by atoms with Crippen molar-refractivity contribution < 1.29 is 22.4 Å². The molecule has 0 aliphatic carbocycles. The monoisotopic (exact) mass is 422 g/mol. The number of hydrogen-bond acceptors (Lipinski definition) is 7. The van der Waals surface area contributed by atoms with Crippen LogP contribution in [0.5, 0.6) is 0 Å². The van der Waals surface area contributed by atoms with E-state index in [1.165, 1.54) is 10.8 Å². The highest BCUT2D eigenvalue weighted by Crippen LogP contribution is 2.12. The molecule has 2 aromatic heterocycles. The van der Waals surface area contributed by atoms with Crippen molar-refractivity contribution in [2.75, 3.05) is 13.2 Å². The van der Waals surface area contributed by atoms with Crippen molar-refractivity contribution in [3.63, 3.8) is 0 Å². The summed E-state index contributed by atoms with van der Waals surface area (Å²) in [6, 6.07) is 7.07. The molecule has 29 heavy (non-hydrogen) atoms. The van der Waals surface area contributed by atoms with E-state index in [9.17, 15) is 18.0 Å². The van der Waals surface area contributed by atoms with Crippen LogP contribution in [-0.2, 0) is 33.1 Å². The lowest BCUT2D eigenvalue weighted by atomic mass is 10.3. The Hall–Kier alpha value is -2.92. The summed E-state index contributed by atoms with van der Waals surface area (Å²) in [4.78, 5) is 27.6. The molecule has 1 aromatic carbocycles. The van der Waals surface area contributed by atoms with Crippen molar-refractivity contribution >= 4 is 27.1 Å². The van der Waals surface area contributed by atoms with Gasteiger partial charge in [0.15, 0.2) is 10.6 Å². The highest BCUT2D eigenvalue weighted by molar-refractivity contribution is 7.89. The van der Waals surface area contributed by atoms with Crippen molar-refractivity contribution in [1.29, 1.82) is 0 Å². The molecule has 0 bridgehead atoms. The standard InChI is InChI=1S/C18H22N4O6S/c1-13-20-16(12-21(13)2)29(25,26)19-9-8-17(23)27-11-5-10-22-14-6-3-4-7-15(14)28-18(22)24/h3-4,6-7,12,19H,5,8-11H2,1-2H3. The van der Waals surface area contributed by atoms with E-state index < -0.39 is 21.7 Å². The predicted molar refractivity (Wildman–Crippen MR) is 104 cm³/mol. The number of hydrogen-bond donors (Lipinski definition) is 1. The van der Waals surface area contributed by atoms with Crippen LogP contribution >= 0.6 is 0 Å². The van der Waals surface area contributed by atoms with Crippen LogP contribution in [0, 0.1) is 6.92 Å². The summed E-state index contributed by atoms with van der Waals surface area (Å²) in [6.45, 7) is 2.05. The highest BCUT2D eigenvalue weighted by Gasteiger charge is 2.18. The molecule has 0 radical (unpaired) electrons. The molecule has 0 aliphatic heterocycles. The first-order chi connectivity index (χ1) is 13.8. The Kier molecular flexibility index (Phi) is 6.18. The Morgan fingerprint density at radius 3 is 2.79 bits per heavy atom. The smallest absolute Gasteiger partial charge is 0.419 e. The van der Waals surface area contributed by atoms with E-state index in [-0.39, 0.29) is 24.6 Å². The number of carbonyl (C=O) groups is 1. The molecule has 0 spiro atoms. The van der Waals surface area contributed by atoms with Gasteiger partial charge in [-0.1, -0.05) is 12.1 Å². The lowest BCUT2D eigenvalue weighted by Crippen LogP contribution is -2.27. The molecule has 0 amide bonds. The number of rotatable bonds is 9. The van der Waals surface area contributed by atoms with Crippen LogP contribution in [0.25, 0.3) is 11.1 Å². The second-order valence-electron chi connectivity index (χ2n) is 6.45. The quantitative estimate of drug-likeness (QED) is 0.402. The fourth-order valence-electron chi connectivity index (χ4n) is 2.72. The third-order valence-corrected chi connectivity index (χ3v) is 5.68. The fourth-order valence-corrected chi connectivity index (χ4v) is 3.79. The molecule has 0 saturated heterocycles. The largest absolute Gasteiger partial charge is 0.466 e. The molecular formula is C18H22N4O6S. The van der Waals surface area contributed by atoms with Crippen LogP contribution in [-0.4, -0.2) is 41.7 Å². The minimum atomic E-state index is -3.78. The lowest BCUT2D eigenvalue weighted by Gasteiger charge is -2.06. The zero-order chi connectivity index (χ0) is 21.0. The van der Waals surface area contributed by atoms with E-state index in [1.54, 1.807) is 42.8 Å². The molecule has 0 atom stereocenters. The second kappa shape index (κ2) is 8.62. The molecule has 0 fully saturated rings. The molecule has 11 heteroatoms. The third-order valence-electron chi connectivity index (χ3n) is 4.35. The Morgan fingerprint density at radius 2 is 2.07 bits per heavy atom. The van der Waals surface area contributed by atoms with E-state index in [0.717, 1.165) is 0 Å². The number of aromatic nitrogens is 3. The molecule has 0 aliphatic rings. The Morgan fingerprint density at radius 1 is 1.31 bits per heavy atom. The third kappa shape index (κ3) is 4.93. The first-order valence-electron chi connectivity index (χ1n) is 9.01. The highest BCUT2D eigenvalue weighted by atomic mass is 32.2. The second-order valence-corrected chi connectivity index (χ2v) is 8.16. The molecule has 2 heterocycles. The average Bonchev–Trinajstić information content (AvgIpc) is 3.18. The van der Waals surface area contributed by atoms with Gasteiger partial charge < -0.3 is 13.7 Å². The fraction of sp³-hybridized carbons (Fsp3) is 0.389. The number of esters is 1. The molecule has 156 valence electrons. The van der Waals surface area contributed by atoms with Gasteiger partial charge in [0, 0.05) is 26.3 Å². The van der Waals surface area contributed by atoms with Gasteiger partial charge in [-0.2, -0.15) is 0 Å². The number of aryl methyl sites for hydroxylation is 3. The van der Waals surface area contributed by atoms with Crippen LogP contribution < -0.4 is 10.5 Å². The first-order valence-corrected chi connectivity index (χ1v) is 10.5. The lowest BCUT2D eigenvalue weighted by molar-refractivity contribution is -0.143.